The summed E-state index contributed by atoms with van der Waals surface area (Å²) in [6.07, 6.45) is 5.34. The van der Waals surface area contributed by atoms with Crippen LogP contribution in [0, 0.1) is 5.82 Å². The van der Waals surface area contributed by atoms with E-state index in [0.29, 0.717) is 0 Å². The third-order valence-electron chi connectivity index (χ3n) is 5.95. The Kier molecular flexibility index (Phi) is 5.25. The van der Waals surface area contributed by atoms with Gasteiger partial charge in [-0.05, 0) is 43.7 Å². The van der Waals surface area contributed by atoms with E-state index in [1.165, 1.54) is 24.1 Å². The minimum absolute atomic E-state index is 0.175. The fraction of sp³-hybridized carbons (Fsp3) is 0.435. The first-order valence-electron chi connectivity index (χ1n) is 10.3. The molecule has 0 spiro atoms. The molecule has 0 aliphatic carbocycles. The number of nitrogens with zero attached hydrogens (tertiary/aromatic N) is 4. The lowest BCUT2D eigenvalue weighted by atomic mass is 10.0. The minimum Gasteiger partial charge on any atom is -0.365 e. The topological polar surface area (TPSA) is 24.3 Å². The molecule has 0 bridgehead atoms. The van der Waals surface area contributed by atoms with Crippen LogP contribution in [-0.4, -0.2) is 29.2 Å². The van der Waals surface area contributed by atoms with Gasteiger partial charge < -0.3 is 14.4 Å². The third-order valence-corrected chi connectivity index (χ3v) is 5.95. The average Bonchev–Trinajstić information content (AvgIpc) is 3.00. The molecular formula is C23H29FN4. The van der Waals surface area contributed by atoms with Gasteiger partial charge in [0.25, 0.3) is 0 Å². The average molecular weight is 381 g/mol. The number of unbranched alkanes of at least 4 members (excludes halogenated alkanes) is 1. The van der Waals surface area contributed by atoms with E-state index in [1.54, 1.807) is 12.1 Å². The van der Waals surface area contributed by atoms with Crippen molar-refractivity contribution >= 4 is 22.4 Å². The maximum atomic E-state index is 13.7. The van der Waals surface area contributed by atoms with Gasteiger partial charge in [-0.3, -0.25) is 0 Å². The Morgan fingerprint density at radius 2 is 2.04 bits per heavy atom. The van der Waals surface area contributed by atoms with Gasteiger partial charge in [0.05, 0.1) is 17.4 Å². The predicted octanol–water partition coefficient (Wildman–Crippen LogP) is 4.90. The van der Waals surface area contributed by atoms with E-state index in [1.807, 2.05) is 19.3 Å². The Bertz CT molecular complexity index is 961. The first-order valence-corrected chi connectivity index (χ1v) is 10.3. The number of hydrogen-bond donors (Lipinski definition) is 0. The fourth-order valence-electron chi connectivity index (χ4n) is 4.30. The lowest BCUT2D eigenvalue weighted by molar-refractivity contribution is 0.628. The van der Waals surface area contributed by atoms with E-state index in [4.69, 9.17) is 4.98 Å². The van der Waals surface area contributed by atoms with Gasteiger partial charge in [0.15, 0.2) is 0 Å². The Balaban J connectivity index is 1.57. The molecule has 0 saturated heterocycles. The Labute approximate surface area is 166 Å². The number of aromatic nitrogens is 2. The van der Waals surface area contributed by atoms with Crippen molar-refractivity contribution in [2.24, 2.45) is 7.05 Å². The minimum atomic E-state index is -0.175. The Morgan fingerprint density at radius 3 is 2.75 bits per heavy atom. The summed E-state index contributed by atoms with van der Waals surface area (Å²) in [4.78, 5) is 9.46. The number of hydrogen-bond acceptors (Lipinski definition) is 3. The molecule has 0 unspecified atom stereocenters. The maximum Gasteiger partial charge on any atom is 0.128 e. The highest BCUT2D eigenvalue weighted by Crippen LogP contribution is 2.32. The molecule has 4 rings (SSSR count). The normalized spacial score (nSPS) is 13.8. The summed E-state index contributed by atoms with van der Waals surface area (Å²) in [6, 6.07) is 9.45. The van der Waals surface area contributed by atoms with Gasteiger partial charge in [0, 0.05) is 56.3 Å². The second-order valence-electron chi connectivity index (χ2n) is 7.63. The zero-order valence-electron chi connectivity index (χ0n) is 17.1. The van der Waals surface area contributed by atoms with Crippen LogP contribution in [0.2, 0.25) is 0 Å². The molecule has 28 heavy (non-hydrogen) atoms. The van der Waals surface area contributed by atoms with Crippen molar-refractivity contribution in [3.8, 4) is 0 Å². The van der Waals surface area contributed by atoms with E-state index >= 15 is 0 Å². The molecule has 0 fully saturated rings. The highest BCUT2D eigenvalue weighted by atomic mass is 19.1. The molecule has 0 N–H and O–H groups in total. The lowest BCUT2D eigenvalue weighted by Gasteiger charge is -2.30. The first-order chi connectivity index (χ1) is 13.6. The van der Waals surface area contributed by atoms with Crippen LogP contribution in [0.1, 0.15) is 37.9 Å². The van der Waals surface area contributed by atoms with E-state index in [-0.39, 0.29) is 5.82 Å². The Morgan fingerprint density at radius 1 is 1.18 bits per heavy atom. The standard InChI is InChI=1S/C23H29FN4/c1-4-6-12-27(5-2)23-10-8-18(15-25-23)28-13-11-21-20(16-28)19-9-7-17(24)14-22(19)26(21)3/h7-10,14-15H,4-6,11-13,16H2,1-3H3. The van der Waals surface area contributed by atoms with E-state index in [2.05, 4.69) is 40.3 Å². The molecule has 0 atom stereocenters. The molecule has 3 aromatic rings. The lowest BCUT2D eigenvalue weighted by Crippen LogP contribution is -2.31. The van der Waals surface area contributed by atoms with E-state index in [0.717, 1.165) is 55.0 Å². The van der Waals surface area contributed by atoms with Gasteiger partial charge in [-0.15, -0.1) is 0 Å². The highest BCUT2D eigenvalue weighted by molar-refractivity contribution is 5.86. The largest absolute Gasteiger partial charge is 0.365 e. The van der Waals surface area contributed by atoms with Crippen LogP contribution >= 0.6 is 0 Å². The first kappa shape index (κ1) is 18.8. The molecule has 1 aromatic carbocycles. The fourth-order valence-corrected chi connectivity index (χ4v) is 4.30. The molecule has 1 aliphatic rings. The number of aryl methyl sites for hydroxylation is 1. The van der Waals surface area contributed by atoms with Crippen LogP contribution in [0.15, 0.2) is 36.5 Å². The molecule has 5 heteroatoms. The van der Waals surface area contributed by atoms with Crippen molar-refractivity contribution in [1.82, 2.24) is 9.55 Å². The van der Waals surface area contributed by atoms with Crippen molar-refractivity contribution in [2.45, 2.75) is 39.7 Å². The maximum absolute atomic E-state index is 13.7. The molecule has 3 heterocycles. The van der Waals surface area contributed by atoms with Crippen molar-refractivity contribution in [3.05, 3.63) is 53.6 Å². The number of benzene rings is 1. The van der Waals surface area contributed by atoms with Crippen molar-refractivity contribution in [2.75, 3.05) is 29.4 Å². The van der Waals surface area contributed by atoms with Crippen LogP contribution in [0.3, 0.4) is 0 Å². The van der Waals surface area contributed by atoms with Gasteiger partial charge >= 0.3 is 0 Å². The summed E-state index contributed by atoms with van der Waals surface area (Å²) in [5, 5.41) is 1.16. The van der Waals surface area contributed by atoms with Gasteiger partial charge in [-0.2, -0.15) is 0 Å². The SMILES string of the molecule is CCCCN(CC)c1ccc(N2CCc3c(c4ccc(F)cc4n3C)C2)cn1. The number of anilines is 2. The zero-order chi connectivity index (χ0) is 19.7. The Hall–Kier alpha value is -2.56. The van der Waals surface area contributed by atoms with E-state index in [9.17, 15) is 4.39 Å². The van der Waals surface area contributed by atoms with Crippen LogP contribution < -0.4 is 9.80 Å². The van der Waals surface area contributed by atoms with Gasteiger partial charge in [0.1, 0.15) is 11.6 Å². The van der Waals surface area contributed by atoms with Crippen LogP contribution in [-0.2, 0) is 20.0 Å². The molecule has 148 valence electrons. The third kappa shape index (κ3) is 3.34. The predicted molar refractivity (Wildman–Crippen MR) is 115 cm³/mol. The van der Waals surface area contributed by atoms with Gasteiger partial charge in [-0.25, -0.2) is 9.37 Å². The van der Waals surface area contributed by atoms with Crippen LogP contribution in [0.25, 0.3) is 10.9 Å². The molecule has 1 aliphatic heterocycles. The summed E-state index contributed by atoms with van der Waals surface area (Å²) < 4.78 is 15.8. The number of rotatable bonds is 6. The van der Waals surface area contributed by atoms with Crippen LogP contribution in [0.4, 0.5) is 15.9 Å². The molecular weight excluding hydrogens is 351 g/mol. The molecule has 0 amide bonds. The number of pyridine rings is 1. The summed E-state index contributed by atoms with van der Waals surface area (Å²) in [5.41, 5.74) is 4.76. The van der Waals surface area contributed by atoms with Gasteiger partial charge in [-0.1, -0.05) is 13.3 Å². The van der Waals surface area contributed by atoms with E-state index < -0.39 is 0 Å². The highest BCUT2D eigenvalue weighted by Gasteiger charge is 2.23. The summed E-state index contributed by atoms with van der Waals surface area (Å²) in [6.45, 7) is 8.23. The molecule has 0 saturated carbocycles. The number of fused-ring (bicyclic) bond motifs is 3. The second-order valence-corrected chi connectivity index (χ2v) is 7.63. The molecule has 0 radical (unpaired) electrons. The second kappa shape index (κ2) is 7.82. The molecule has 4 nitrogen and oxygen atoms in total. The smallest absolute Gasteiger partial charge is 0.128 e. The van der Waals surface area contributed by atoms with Crippen molar-refractivity contribution in [3.63, 3.8) is 0 Å². The van der Waals surface area contributed by atoms with Crippen molar-refractivity contribution in [1.29, 1.82) is 0 Å². The number of halogens is 1. The van der Waals surface area contributed by atoms with Crippen molar-refractivity contribution < 1.29 is 4.39 Å². The molecule has 2 aromatic heterocycles. The van der Waals surface area contributed by atoms with Gasteiger partial charge in [0.2, 0.25) is 0 Å². The van der Waals surface area contributed by atoms with Crippen LogP contribution in [0.5, 0.6) is 0 Å². The zero-order valence-corrected chi connectivity index (χ0v) is 17.1. The summed E-state index contributed by atoms with van der Waals surface area (Å²) >= 11 is 0. The summed E-state index contributed by atoms with van der Waals surface area (Å²) in [7, 11) is 2.04. The summed E-state index contributed by atoms with van der Waals surface area (Å²) in [5.74, 6) is 0.878. The quantitative estimate of drug-likeness (QED) is 0.608. The monoisotopic (exact) mass is 380 g/mol.